The molecule has 0 radical (unpaired) electrons. The summed E-state index contributed by atoms with van der Waals surface area (Å²) in [5, 5.41) is 0. The molecular formula is C22H34NO3+. The van der Waals surface area contributed by atoms with Crippen molar-refractivity contribution in [2.45, 2.75) is 59.3 Å². The van der Waals surface area contributed by atoms with Gasteiger partial charge in [-0.05, 0) is 36.7 Å². The van der Waals surface area contributed by atoms with E-state index in [9.17, 15) is 4.79 Å². The fourth-order valence-electron chi connectivity index (χ4n) is 7.98. The average Bonchev–Trinajstić information content (AvgIpc) is 3.22. The molecule has 2 aliphatic carbocycles. The Hall–Kier alpha value is -0.870. The van der Waals surface area contributed by atoms with Gasteiger partial charge < -0.3 is 9.47 Å². The van der Waals surface area contributed by atoms with E-state index < -0.39 is 0 Å². The number of allylic oxidation sites excluding steroid dienone is 1. The van der Waals surface area contributed by atoms with Gasteiger partial charge in [0, 0.05) is 11.8 Å². The smallest absolute Gasteiger partial charge is 0.310 e. The Bertz CT molecular complexity index is 672. The second-order valence-electron chi connectivity index (χ2n) is 10.4. The molecule has 2 bridgehead atoms. The lowest BCUT2D eigenvalue weighted by molar-refractivity contribution is -0.932. The highest BCUT2D eigenvalue weighted by Gasteiger charge is 2.87. The van der Waals surface area contributed by atoms with Gasteiger partial charge >= 0.3 is 5.97 Å². The zero-order valence-electron chi connectivity index (χ0n) is 16.9. The molecule has 4 heteroatoms. The Labute approximate surface area is 157 Å². The second kappa shape index (κ2) is 5.14. The quantitative estimate of drug-likeness (QED) is 0.570. The van der Waals surface area contributed by atoms with Gasteiger partial charge in [-0.2, -0.15) is 0 Å². The molecule has 2 saturated carbocycles. The van der Waals surface area contributed by atoms with Crippen LogP contribution in [0.15, 0.2) is 12.3 Å². The number of fused-ring (bicyclic) bond motifs is 3. The van der Waals surface area contributed by atoms with Crippen LogP contribution in [0.4, 0.5) is 0 Å². The zero-order valence-corrected chi connectivity index (χ0v) is 16.9. The zero-order chi connectivity index (χ0) is 18.5. The predicted molar refractivity (Wildman–Crippen MR) is 98.7 cm³/mol. The summed E-state index contributed by atoms with van der Waals surface area (Å²) < 4.78 is 13.9. The number of carbonyl (C=O) groups excluding carboxylic acids is 1. The summed E-state index contributed by atoms with van der Waals surface area (Å²) >= 11 is 0. The summed E-state index contributed by atoms with van der Waals surface area (Å²) in [4.78, 5) is 13.0. The normalized spacial score (nSPS) is 54.4. The maximum atomic E-state index is 13.0. The predicted octanol–water partition coefficient (Wildman–Crippen LogP) is 3.57. The highest BCUT2D eigenvalue weighted by atomic mass is 16.6. The van der Waals surface area contributed by atoms with E-state index in [1.54, 1.807) is 0 Å². The molecule has 5 rings (SSSR count). The molecule has 0 amide bonds. The number of carbonyl (C=O) groups is 1. The van der Waals surface area contributed by atoms with Crippen LogP contribution in [0.25, 0.3) is 0 Å². The largest absolute Gasteiger partial charge is 0.452 e. The Balaban J connectivity index is 1.73. The number of hydrogen-bond donors (Lipinski definition) is 0. The van der Waals surface area contributed by atoms with E-state index in [2.05, 4.69) is 46.9 Å². The lowest BCUT2D eigenvalue weighted by Crippen LogP contribution is -2.71. The molecule has 0 aromatic rings. The molecule has 1 spiro atoms. The highest BCUT2D eigenvalue weighted by molar-refractivity contribution is 5.77. The van der Waals surface area contributed by atoms with Crippen LogP contribution >= 0.6 is 0 Å². The molecule has 0 aromatic heterocycles. The molecule has 0 N–H and O–H groups in total. The van der Waals surface area contributed by atoms with E-state index in [4.69, 9.17) is 9.47 Å². The van der Waals surface area contributed by atoms with Crippen LogP contribution in [0.1, 0.15) is 47.5 Å². The summed E-state index contributed by atoms with van der Waals surface area (Å²) in [5.41, 5.74) is -0.320. The van der Waals surface area contributed by atoms with Crippen LogP contribution < -0.4 is 0 Å². The van der Waals surface area contributed by atoms with Crippen molar-refractivity contribution in [3.05, 3.63) is 12.3 Å². The monoisotopic (exact) mass is 360 g/mol. The van der Waals surface area contributed by atoms with E-state index in [-0.39, 0.29) is 29.1 Å². The van der Waals surface area contributed by atoms with E-state index in [1.165, 1.54) is 6.42 Å². The Morgan fingerprint density at radius 1 is 1.23 bits per heavy atom. The van der Waals surface area contributed by atoms with Gasteiger partial charge in [0.15, 0.2) is 6.10 Å². The molecular weight excluding hydrogens is 326 g/mol. The van der Waals surface area contributed by atoms with Crippen molar-refractivity contribution in [2.75, 3.05) is 19.7 Å². The van der Waals surface area contributed by atoms with E-state index in [0.717, 1.165) is 30.6 Å². The molecule has 5 aliphatic rings. The van der Waals surface area contributed by atoms with Crippen molar-refractivity contribution >= 4 is 5.97 Å². The third-order valence-corrected chi connectivity index (χ3v) is 8.86. The van der Waals surface area contributed by atoms with Crippen molar-refractivity contribution < 1.29 is 18.8 Å². The van der Waals surface area contributed by atoms with Crippen LogP contribution in [-0.2, 0) is 14.3 Å². The molecule has 26 heavy (non-hydrogen) atoms. The summed E-state index contributed by atoms with van der Waals surface area (Å²) in [6, 6.07) is 0. The van der Waals surface area contributed by atoms with Gasteiger partial charge in [0.25, 0.3) is 5.72 Å². The van der Waals surface area contributed by atoms with Gasteiger partial charge in [-0.3, -0.25) is 9.28 Å². The van der Waals surface area contributed by atoms with Crippen molar-refractivity contribution in [3.63, 3.8) is 0 Å². The summed E-state index contributed by atoms with van der Waals surface area (Å²) in [5.74, 6) is 2.45. The fraction of sp³-hybridized carbons (Fsp3) is 0.864. The Morgan fingerprint density at radius 3 is 2.69 bits per heavy atom. The van der Waals surface area contributed by atoms with Crippen molar-refractivity contribution in [2.24, 2.45) is 40.9 Å². The van der Waals surface area contributed by atoms with Gasteiger partial charge in [-0.15, -0.1) is 0 Å². The lowest BCUT2D eigenvalue weighted by Gasteiger charge is -2.55. The molecule has 3 heterocycles. The first-order valence-corrected chi connectivity index (χ1v) is 10.7. The summed E-state index contributed by atoms with van der Waals surface area (Å²) in [6.45, 7) is 14.4. The first-order chi connectivity index (χ1) is 12.3. The minimum absolute atomic E-state index is 0.0533. The molecule has 3 saturated heterocycles. The van der Waals surface area contributed by atoms with Crippen LogP contribution in [0.5, 0.6) is 0 Å². The molecule has 144 valence electrons. The molecule has 0 aromatic carbocycles. The average molecular weight is 361 g/mol. The minimum Gasteiger partial charge on any atom is -0.452 e. The van der Waals surface area contributed by atoms with Crippen LogP contribution in [0.3, 0.4) is 0 Å². The summed E-state index contributed by atoms with van der Waals surface area (Å²) in [7, 11) is 0. The van der Waals surface area contributed by atoms with E-state index in [1.807, 2.05) is 0 Å². The molecule has 1 unspecified atom stereocenters. The molecule has 8 atom stereocenters. The van der Waals surface area contributed by atoms with Gasteiger partial charge in [0.05, 0.1) is 24.1 Å². The highest BCUT2D eigenvalue weighted by Crippen LogP contribution is 2.74. The van der Waals surface area contributed by atoms with Crippen molar-refractivity contribution in [3.8, 4) is 0 Å². The van der Waals surface area contributed by atoms with Gasteiger partial charge in [-0.25, -0.2) is 0 Å². The molecule has 4 nitrogen and oxygen atoms in total. The topological polar surface area (TPSA) is 35.5 Å². The second-order valence-corrected chi connectivity index (χ2v) is 10.4. The SMILES string of the molecule is CC(C)/C=C/[N+]12CCO[C@]13[C@@H]1OC(=O)[C@@H]([C@@H]1C(C)C)[C@@H]1CC[C@H](C2)[C@@]13C. The molecule has 5 fully saturated rings. The minimum atomic E-state index is -0.373. The third-order valence-electron chi connectivity index (χ3n) is 8.86. The van der Waals surface area contributed by atoms with Crippen LogP contribution in [0.2, 0.25) is 0 Å². The maximum absolute atomic E-state index is 13.0. The van der Waals surface area contributed by atoms with Crippen LogP contribution in [0, 0.1) is 40.9 Å². The third kappa shape index (κ3) is 1.64. The fourth-order valence-corrected chi connectivity index (χ4v) is 7.98. The van der Waals surface area contributed by atoms with Gasteiger partial charge in [0.2, 0.25) is 0 Å². The van der Waals surface area contributed by atoms with E-state index >= 15 is 0 Å². The van der Waals surface area contributed by atoms with Gasteiger partial charge in [-0.1, -0.05) is 34.6 Å². The standard InChI is InChI=1S/C22H34NO3/c1-13(2)8-9-23-10-11-25-22(23)19-17(14(3)4)18(20(24)26-19)16-7-6-15(12-23)21(16,22)5/h8-9,13-19H,6-7,10-12H2,1-5H3/q+1/b9-8+/t15-,16+,17+,18-,19-,21+,22+,23?/m1/s1. The van der Waals surface area contributed by atoms with Crippen LogP contribution in [-0.4, -0.2) is 42.0 Å². The van der Waals surface area contributed by atoms with Crippen molar-refractivity contribution in [1.29, 1.82) is 0 Å². The maximum Gasteiger partial charge on any atom is 0.310 e. The number of quaternary nitrogens is 1. The number of nitrogens with zero attached hydrogens (tertiary/aromatic N) is 1. The number of esters is 1. The van der Waals surface area contributed by atoms with E-state index in [0.29, 0.717) is 29.6 Å². The number of hydrogen-bond acceptors (Lipinski definition) is 3. The van der Waals surface area contributed by atoms with Gasteiger partial charge in [0.1, 0.15) is 13.2 Å². The first kappa shape index (κ1) is 17.2. The first-order valence-electron chi connectivity index (χ1n) is 10.7. The number of rotatable bonds is 3. The molecule has 3 aliphatic heterocycles. The summed E-state index contributed by atoms with van der Waals surface area (Å²) in [6.07, 6.45) is 7.09. The Morgan fingerprint density at radius 2 is 2.00 bits per heavy atom. The lowest BCUT2D eigenvalue weighted by atomic mass is 9.53. The Kier molecular flexibility index (Phi) is 3.41. The number of ether oxygens (including phenoxy) is 2. The van der Waals surface area contributed by atoms with Crippen molar-refractivity contribution in [1.82, 2.24) is 0 Å².